The molecule has 1 rings (SSSR count). The van der Waals surface area contributed by atoms with Gasteiger partial charge in [0.25, 0.3) is 0 Å². The summed E-state index contributed by atoms with van der Waals surface area (Å²) in [6, 6.07) is 0. The maximum Gasteiger partial charge on any atom is 0.152 e. The Kier molecular flexibility index (Phi) is 1.77. The lowest BCUT2D eigenvalue weighted by molar-refractivity contribution is 0.396. The van der Waals surface area contributed by atoms with E-state index < -0.39 is 9.84 Å². The SMILES string of the molecule is [CH]N1CCS(=O)(=O)CC1. The largest absolute Gasteiger partial charge is 0.295 e. The lowest BCUT2D eigenvalue weighted by atomic mass is 10.6. The van der Waals surface area contributed by atoms with Crippen molar-refractivity contribution in [3.8, 4) is 0 Å². The highest BCUT2D eigenvalue weighted by atomic mass is 32.2. The van der Waals surface area contributed by atoms with Crippen LogP contribution in [0.25, 0.3) is 0 Å². The van der Waals surface area contributed by atoms with Crippen LogP contribution in [0, 0.1) is 7.05 Å². The minimum absolute atomic E-state index is 0.212. The van der Waals surface area contributed by atoms with Crippen LogP contribution in [-0.4, -0.2) is 37.9 Å². The van der Waals surface area contributed by atoms with Crippen LogP contribution in [0.2, 0.25) is 0 Å². The summed E-state index contributed by atoms with van der Waals surface area (Å²) in [6.45, 7) is 0.949. The number of sulfone groups is 1. The van der Waals surface area contributed by atoms with Crippen molar-refractivity contribution < 1.29 is 8.42 Å². The van der Waals surface area contributed by atoms with Gasteiger partial charge in [0.2, 0.25) is 0 Å². The van der Waals surface area contributed by atoms with E-state index in [1.165, 1.54) is 4.90 Å². The van der Waals surface area contributed by atoms with Gasteiger partial charge in [0.1, 0.15) is 0 Å². The zero-order valence-corrected chi connectivity index (χ0v) is 5.89. The van der Waals surface area contributed by atoms with Crippen molar-refractivity contribution in [1.29, 1.82) is 0 Å². The van der Waals surface area contributed by atoms with Crippen molar-refractivity contribution in [3.05, 3.63) is 7.05 Å². The second-order valence-corrected chi connectivity index (χ2v) is 4.49. The number of rotatable bonds is 0. The smallest absolute Gasteiger partial charge is 0.152 e. The van der Waals surface area contributed by atoms with Gasteiger partial charge >= 0.3 is 0 Å². The Morgan fingerprint density at radius 3 is 2.00 bits per heavy atom. The van der Waals surface area contributed by atoms with E-state index in [-0.39, 0.29) is 11.5 Å². The Balaban J connectivity index is 2.55. The zero-order chi connectivity index (χ0) is 6.91. The average molecular weight is 147 g/mol. The number of hydrogen-bond donors (Lipinski definition) is 0. The summed E-state index contributed by atoms with van der Waals surface area (Å²) in [4.78, 5) is 1.53. The molecule has 0 aliphatic carbocycles. The Bertz CT molecular complexity index is 171. The van der Waals surface area contributed by atoms with Crippen molar-refractivity contribution in [3.63, 3.8) is 0 Å². The molecular formula is C5H9NO2S. The van der Waals surface area contributed by atoms with Crippen LogP contribution in [0.1, 0.15) is 0 Å². The van der Waals surface area contributed by atoms with Gasteiger partial charge in [-0.05, 0) is 0 Å². The first-order valence-corrected chi connectivity index (χ1v) is 4.62. The van der Waals surface area contributed by atoms with Crippen molar-refractivity contribution >= 4 is 9.84 Å². The quantitative estimate of drug-likeness (QED) is 0.458. The molecule has 1 aliphatic heterocycles. The van der Waals surface area contributed by atoms with Crippen molar-refractivity contribution in [2.24, 2.45) is 0 Å². The molecule has 0 aromatic carbocycles. The summed E-state index contributed by atoms with van der Waals surface area (Å²) >= 11 is 0. The molecule has 0 aromatic rings. The molecule has 0 bridgehead atoms. The lowest BCUT2D eigenvalue weighted by Crippen LogP contribution is -2.36. The molecule has 0 atom stereocenters. The number of nitrogens with zero attached hydrogens (tertiary/aromatic N) is 1. The van der Waals surface area contributed by atoms with Gasteiger partial charge in [-0.1, -0.05) is 0 Å². The Morgan fingerprint density at radius 1 is 1.22 bits per heavy atom. The molecule has 0 unspecified atom stereocenters. The molecule has 3 nitrogen and oxygen atoms in total. The molecule has 0 N–H and O–H groups in total. The van der Waals surface area contributed by atoms with Crippen LogP contribution in [-0.2, 0) is 9.84 Å². The average Bonchev–Trinajstić information content (AvgIpc) is 1.78. The van der Waals surface area contributed by atoms with Crippen molar-refractivity contribution in [2.45, 2.75) is 0 Å². The van der Waals surface area contributed by atoms with Crippen LogP contribution in [0.3, 0.4) is 0 Å². The normalized spacial score (nSPS) is 28.1. The third-order valence-electron chi connectivity index (χ3n) is 1.38. The summed E-state index contributed by atoms with van der Waals surface area (Å²) in [7, 11) is 2.59. The summed E-state index contributed by atoms with van der Waals surface area (Å²) in [5.41, 5.74) is 0. The first-order valence-electron chi connectivity index (χ1n) is 2.80. The third-order valence-corrected chi connectivity index (χ3v) is 2.99. The molecule has 1 saturated heterocycles. The zero-order valence-electron chi connectivity index (χ0n) is 5.08. The minimum Gasteiger partial charge on any atom is -0.295 e. The molecule has 0 saturated carbocycles. The lowest BCUT2D eigenvalue weighted by Gasteiger charge is -2.20. The third kappa shape index (κ3) is 1.95. The van der Waals surface area contributed by atoms with Gasteiger partial charge in [0.15, 0.2) is 9.84 Å². The van der Waals surface area contributed by atoms with Gasteiger partial charge < -0.3 is 0 Å². The Labute approximate surface area is 55.6 Å². The molecule has 0 amide bonds. The summed E-state index contributed by atoms with van der Waals surface area (Å²) in [6.07, 6.45) is 0. The summed E-state index contributed by atoms with van der Waals surface area (Å²) in [5, 5.41) is 0. The highest BCUT2D eigenvalue weighted by molar-refractivity contribution is 7.91. The Morgan fingerprint density at radius 2 is 1.67 bits per heavy atom. The predicted molar refractivity (Wildman–Crippen MR) is 34.5 cm³/mol. The van der Waals surface area contributed by atoms with E-state index in [0.29, 0.717) is 13.1 Å². The van der Waals surface area contributed by atoms with Crippen LogP contribution in [0.5, 0.6) is 0 Å². The van der Waals surface area contributed by atoms with Crippen LogP contribution in [0.4, 0.5) is 0 Å². The van der Waals surface area contributed by atoms with E-state index in [0.717, 1.165) is 0 Å². The fourth-order valence-corrected chi connectivity index (χ4v) is 1.96. The van der Waals surface area contributed by atoms with Gasteiger partial charge in [-0.2, -0.15) is 0 Å². The Hall–Kier alpha value is -0.0900. The van der Waals surface area contributed by atoms with Gasteiger partial charge in [-0.3, -0.25) is 4.90 Å². The molecule has 4 heteroatoms. The minimum atomic E-state index is -2.74. The first kappa shape index (κ1) is 7.02. The van der Waals surface area contributed by atoms with Gasteiger partial charge in [0.05, 0.1) is 11.5 Å². The first-order chi connectivity index (χ1) is 4.10. The molecule has 2 radical (unpaired) electrons. The maximum absolute atomic E-state index is 10.7. The van der Waals surface area contributed by atoms with E-state index in [1.807, 2.05) is 0 Å². The molecule has 9 heavy (non-hydrogen) atoms. The fraction of sp³-hybridized carbons (Fsp3) is 0.800. The molecule has 0 spiro atoms. The van der Waals surface area contributed by atoms with Crippen molar-refractivity contribution in [1.82, 2.24) is 4.90 Å². The molecule has 1 heterocycles. The molecular weight excluding hydrogens is 138 g/mol. The summed E-state index contributed by atoms with van der Waals surface area (Å²) < 4.78 is 21.4. The predicted octanol–water partition coefficient (Wildman–Crippen LogP) is -0.615. The van der Waals surface area contributed by atoms with Gasteiger partial charge in [-0.25, -0.2) is 8.42 Å². The van der Waals surface area contributed by atoms with E-state index in [2.05, 4.69) is 0 Å². The summed E-state index contributed by atoms with van der Waals surface area (Å²) in [5.74, 6) is 0.424. The second-order valence-electron chi connectivity index (χ2n) is 2.19. The topological polar surface area (TPSA) is 37.4 Å². The van der Waals surface area contributed by atoms with Crippen LogP contribution < -0.4 is 0 Å². The second kappa shape index (κ2) is 2.27. The fourth-order valence-electron chi connectivity index (χ4n) is 0.727. The van der Waals surface area contributed by atoms with E-state index in [1.54, 1.807) is 0 Å². The maximum atomic E-state index is 10.7. The number of hydrogen-bond acceptors (Lipinski definition) is 3. The standard InChI is InChI=1S/C5H9NO2S/c1-6-2-4-9(7,8)5-3-6/h1H,2-5H2. The van der Waals surface area contributed by atoms with Gasteiger partial charge in [0, 0.05) is 20.1 Å². The van der Waals surface area contributed by atoms with E-state index >= 15 is 0 Å². The van der Waals surface area contributed by atoms with E-state index in [9.17, 15) is 8.42 Å². The molecule has 0 aromatic heterocycles. The molecule has 52 valence electrons. The molecule has 1 fully saturated rings. The van der Waals surface area contributed by atoms with Crippen molar-refractivity contribution in [2.75, 3.05) is 24.6 Å². The molecule has 1 aliphatic rings. The highest BCUT2D eigenvalue weighted by Crippen LogP contribution is 2.00. The highest BCUT2D eigenvalue weighted by Gasteiger charge is 2.18. The monoisotopic (exact) mass is 147 g/mol. The van der Waals surface area contributed by atoms with Gasteiger partial charge in [-0.15, -0.1) is 0 Å². The van der Waals surface area contributed by atoms with Crippen LogP contribution >= 0.6 is 0 Å². The van der Waals surface area contributed by atoms with Crippen LogP contribution in [0.15, 0.2) is 0 Å². The van der Waals surface area contributed by atoms with E-state index in [4.69, 9.17) is 7.05 Å².